The van der Waals surface area contributed by atoms with Gasteiger partial charge in [0.25, 0.3) is 0 Å². The number of hydrogen-bond acceptors (Lipinski definition) is 2. The van der Waals surface area contributed by atoms with Crippen LogP contribution in [0.3, 0.4) is 0 Å². The Kier molecular flexibility index (Phi) is 8.93. The number of aliphatic hydroxyl groups is 2. The van der Waals surface area contributed by atoms with Crippen LogP contribution in [0.5, 0.6) is 0 Å². The minimum absolute atomic E-state index is 0. The first-order chi connectivity index (χ1) is 10.6. The molecular weight excluding hydrogens is 438 g/mol. The Morgan fingerprint density at radius 3 is 1.67 bits per heavy atom. The van der Waals surface area contributed by atoms with Gasteiger partial charge in [0.15, 0.2) is 0 Å². The summed E-state index contributed by atoms with van der Waals surface area (Å²) in [6.45, 7) is 5.67. The Hall–Kier alpha value is 0.560. The SMILES string of the molecule is C[Si]1(C)C2=[C](CC=C2CCCO)[Zr+2][C]2=C1C(CCCO)=CC2.[Cl-].[Cl-]. The van der Waals surface area contributed by atoms with E-state index in [4.69, 9.17) is 0 Å². The Bertz CT molecular complexity index is 556. The van der Waals surface area contributed by atoms with Crippen LogP contribution in [0, 0.1) is 0 Å². The van der Waals surface area contributed by atoms with Crippen molar-refractivity contribution in [3.63, 3.8) is 0 Å². The van der Waals surface area contributed by atoms with Gasteiger partial charge < -0.3 is 24.8 Å². The van der Waals surface area contributed by atoms with Gasteiger partial charge in [0, 0.05) is 0 Å². The van der Waals surface area contributed by atoms with Crippen LogP contribution < -0.4 is 24.8 Å². The van der Waals surface area contributed by atoms with E-state index in [1.165, 1.54) is 12.8 Å². The van der Waals surface area contributed by atoms with E-state index >= 15 is 0 Å². The summed E-state index contributed by atoms with van der Waals surface area (Å²) in [6, 6.07) is 0. The molecular formula is C18H26Cl2O2SiZr. The molecule has 0 saturated carbocycles. The van der Waals surface area contributed by atoms with E-state index < -0.39 is 31.3 Å². The Balaban J connectivity index is 0.00000144. The molecule has 0 atom stereocenters. The van der Waals surface area contributed by atoms with Gasteiger partial charge in [-0.05, 0) is 0 Å². The molecule has 0 aromatic heterocycles. The quantitative estimate of drug-likeness (QED) is 0.430. The smallest absolute Gasteiger partial charge is 1.00 e. The fourth-order valence-corrected chi connectivity index (χ4v) is 17.0. The van der Waals surface area contributed by atoms with E-state index in [9.17, 15) is 10.2 Å². The van der Waals surface area contributed by atoms with Crippen LogP contribution in [0.15, 0.2) is 40.3 Å². The van der Waals surface area contributed by atoms with E-state index in [0.717, 1.165) is 25.7 Å². The van der Waals surface area contributed by atoms with Crippen LogP contribution in [-0.2, 0) is 23.2 Å². The molecule has 24 heavy (non-hydrogen) atoms. The molecule has 0 unspecified atom stereocenters. The van der Waals surface area contributed by atoms with Crippen molar-refractivity contribution < 1.29 is 58.3 Å². The van der Waals surface area contributed by atoms with Crippen molar-refractivity contribution in [1.29, 1.82) is 0 Å². The van der Waals surface area contributed by atoms with Crippen molar-refractivity contribution in [2.75, 3.05) is 13.2 Å². The zero-order valence-electron chi connectivity index (χ0n) is 14.5. The van der Waals surface area contributed by atoms with Gasteiger partial charge in [-0.15, -0.1) is 0 Å². The van der Waals surface area contributed by atoms with Crippen LogP contribution >= 0.6 is 0 Å². The van der Waals surface area contributed by atoms with Gasteiger partial charge in [-0.25, -0.2) is 0 Å². The Labute approximate surface area is 170 Å². The van der Waals surface area contributed by atoms with Crippen molar-refractivity contribution in [2.24, 2.45) is 0 Å². The second kappa shape index (κ2) is 9.48. The fourth-order valence-electron chi connectivity index (χ4n) is 4.33. The second-order valence-corrected chi connectivity index (χ2v) is 14.8. The predicted molar refractivity (Wildman–Crippen MR) is 89.6 cm³/mol. The van der Waals surface area contributed by atoms with Crippen molar-refractivity contribution in [2.45, 2.75) is 51.6 Å². The van der Waals surface area contributed by atoms with Gasteiger partial charge in [0.05, 0.1) is 0 Å². The average molecular weight is 465 g/mol. The van der Waals surface area contributed by atoms with E-state index in [1.807, 2.05) is 6.56 Å². The normalized spacial score (nSPS) is 20.2. The van der Waals surface area contributed by atoms with Gasteiger partial charge in [-0.3, -0.25) is 0 Å². The fraction of sp³-hybridized carbons (Fsp3) is 0.556. The van der Waals surface area contributed by atoms with Gasteiger partial charge in [0.2, 0.25) is 0 Å². The average Bonchev–Trinajstić information content (AvgIpc) is 3.08. The molecule has 6 heteroatoms. The van der Waals surface area contributed by atoms with Crippen LogP contribution in [-0.4, -0.2) is 31.5 Å². The number of hydrogen-bond donors (Lipinski definition) is 2. The van der Waals surface area contributed by atoms with Gasteiger partial charge in [-0.1, -0.05) is 0 Å². The summed E-state index contributed by atoms with van der Waals surface area (Å²) >= 11 is -0.564. The van der Waals surface area contributed by atoms with Gasteiger partial charge in [0.1, 0.15) is 0 Å². The second-order valence-electron chi connectivity index (χ2n) is 6.98. The molecule has 2 aliphatic carbocycles. The van der Waals surface area contributed by atoms with Crippen LogP contribution in [0.25, 0.3) is 0 Å². The first kappa shape index (κ1) is 22.6. The molecule has 0 aromatic carbocycles. The zero-order chi connectivity index (χ0) is 15.7. The van der Waals surface area contributed by atoms with E-state index in [1.54, 1.807) is 21.5 Å². The third-order valence-electron chi connectivity index (χ3n) is 5.11. The Morgan fingerprint density at radius 1 is 0.875 bits per heavy atom. The molecule has 0 saturated heterocycles. The zero-order valence-corrected chi connectivity index (χ0v) is 19.4. The minimum Gasteiger partial charge on any atom is -1.00 e. The number of allylic oxidation sites excluding steroid dienone is 8. The summed E-state index contributed by atoms with van der Waals surface area (Å²) in [5.41, 5.74) is 3.14. The molecule has 2 nitrogen and oxygen atoms in total. The molecule has 3 aliphatic rings. The standard InChI is InChI=1S/C18H26O2Si.2ClH.Zr/c1-21(2,17-11-3-7-15(17)9-5-13-19)18-12-4-8-16(18)10-6-14-20;;;/h7-8,19-20H,3-6,9-10,13-14H2,1-2H3;2*1H;/q;;;+2/p-2. The molecule has 0 amide bonds. The van der Waals surface area contributed by atoms with Crippen molar-refractivity contribution in [1.82, 2.24) is 0 Å². The summed E-state index contributed by atoms with van der Waals surface area (Å²) < 4.78 is 3.67. The van der Waals surface area contributed by atoms with E-state index in [0.29, 0.717) is 13.2 Å². The Morgan fingerprint density at radius 2 is 1.29 bits per heavy atom. The summed E-state index contributed by atoms with van der Waals surface area (Å²) in [5, 5.41) is 21.9. The molecule has 2 N–H and O–H groups in total. The third kappa shape index (κ3) is 4.10. The molecule has 0 radical (unpaired) electrons. The van der Waals surface area contributed by atoms with Crippen LogP contribution in [0.4, 0.5) is 0 Å². The largest absolute Gasteiger partial charge is 1.00 e. The summed E-state index contributed by atoms with van der Waals surface area (Å²) in [6.07, 6.45) is 11.3. The molecule has 0 aromatic rings. The first-order valence-electron chi connectivity index (χ1n) is 8.44. The van der Waals surface area contributed by atoms with Gasteiger partial charge >= 0.3 is 147 Å². The molecule has 1 heterocycles. The minimum atomic E-state index is -1.57. The number of halogens is 2. The molecule has 1 aliphatic heterocycles. The first-order valence-corrected chi connectivity index (χ1v) is 13.9. The molecule has 132 valence electrons. The number of rotatable bonds is 6. The van der Waals surface area contributed by atoms with Crippen LogP contribution in [0.1, 0.15) is 38.5 Å². The summed E-state index contributed by atoms with van der Waals surface area (Å²) in [7, 11) is -1.57. The van der Waals surface area contributed by atoms with Crippen LogP contribution in [0.2, 0.25) is 13.1 Å². The van der Waals surface area contributed by atoms with E-state index in [-0.39, 0.29) is 24.8 Å². The molecule has 0 fully saturated rings. The third-order valence-corrected chi connectivity index (χ3v) is 13.8. The maximum absolute atomic E-state index is 9.18. The van der Waals surface area contributed by atoms with E-state index in [2.05, 4.69) is 25.2 Å². The summed E-state index contributed by atoms with van der Waals surface area (Å²) in [5.74, 6) is 0. The van der Waals surface area contributed by atoms with Gasteiger partial charge in [-0.2, -0.15) is 0 Å². The summed E-state index contributed by atoms with van der Waals surface area (Å²) in [4.78, 5) is 0. The monoisotopic (exact) mass is 462 g/mol. The van der Waals surface area contributed by atoms with Crippen molar-refractivity contribution >= 4 is 8.07 Å². The molecule has 0 bridgehead atoms. The predicted octanol–water partition coefficient (Wildman–Crippen LogP) is -2.41. The maximum Gasteiger partial charge on any atom is -1.00 e. The van der Waals surface area contributed by atoms with Crippen molar-refractivity contribution in [3.05, 3.63) is 40.3 Å². The number of aliphatic hydroxyl groups excluding tert-OH is 2. The molecule has 3 rings (SSSR count). The molecule has 0 spiro atoms. The topological polar surface area (TPSA) is 40.5 Å². The maximum atomic E-state index is 9.18. The van der Waals surface area contributed by atoms with Crippen molar-refractivity contribution in [3.8, 4) is 0 Å².